The molecule has 0 aromatic heterocycles. The molecule has 33 heavy (non-hydrogen) atoms. The number of piperidine rings is 2. The number of carbonyl (C=O) groups is 2. The summed E-state index contributed by atoms with van der Waals surface area (Å²) in [6.45, 7) is 6.41. The van der Waals surface area contributed by atoms with Gasteiger partial charge in [-0.2, -0.15) is 0 Å². The highest BCUT2D eigenvalue weighted by Crippen LogP contribution is 2.29. The van der Waals surface area contributed by atoms with Crippen LogP contribution in [-0.2, 0) is 9.53 Å². The van der Waals surface area contributed by atoms with E-state index in [0.717, 1.165) is 57.8 Å². The number of amides is 2. The van der Waals surface area contributed by atoms with Crippen molar-refractivity contribution >= 4 is 29.1 Å². The Bertz CT molecular complexity index is 829. The molecule has 2 aliphatic heterocycles. The van der Waals surface area contributed by atoms with E-state index in [1.807, 2.05) is 4.90 Å². The summed E-state index contributed by atoms with van der Waals surface area (Å²) >= 11 is 6.11. The van der Waals surface area contributed by atoms with Crippen LogP contribution in [-0.4, -0.2) is 80.7 Å². The molecule has 1 aromatic carbocycles. The molecule has 184 valence electrons. The summed E-state index contributed by atoms with van der Waals surface area (Å²) in [5.41, 5.74) is 6.53. The van der Waals surface area contributed by atoms with Gasteiger partial charge in [0.25, 0.3) is 5.91 Å². The SMILES string of the molecule is COc1cc(N)c(Cl)cc1C(=O)N[C@H]1CCN(CCCC(=O)N2CCC(C)CC2)C[C@H]1OC. The van der Waals surface area contributed by atoms with Crippen molar-refractivity contribution in [1.29, 1.82) is 0 Å². The molecule has 0 spiro atoms. The number of ether oxygens (including phenoxy) is 2. The van der Waals surface area contributed by atoms with Crippen molar-refractivity contribution in [3.05, 3.63) is 22.7 Å². The van der Waals surface area contributed by atoms with Crippen LogP contribution in [0.3, 0.4) is 0 Å². The lowest BCUT2D eigenvalue weighted by Gasteiger charge is -2.38. The molecule has 0 bridgehead atoms. The number of nitrogen functional groups attached to an aromatic ring is 1. The fourth-order valence-electron chi connectivity index (χ4n) is 4.62. The van der Waals surface area contributed by atoms with Crippen LogP contribution in [0.15, 0.2) is 12.1 Å². The summed E-state index contributed by atoms with van der Waals surface area (Å²) in [6, 6.07) is 2.96. The number of carbonyl (C=O) groups excluding carboxylic acids is 2. The van der Waals surface area contributed by atoms with Gasteiger partial charge < -0.3 is 30.3 Å². The number of nitrogens with two attached hydrogens (primary N) is 1. The van der Waals surface area contributed by atoms with Crippen LogP contribution in [0.2, 0.25) is 5.02 Å². The van der Waals surface area contributed by atoms with Gasteiger partial charge in [0, 0.05) is 45.8 Å². The van der Waals surface area contributed by atoms with E-state index in [9.17, 15) is 9.59 Å². The molecule has 1 aromatic rings. The van der Waals surface area contributed by atoms with Crippen LogP contribution in [0, 0.1) is 5.92 Å². The minimum atomic E-state index is -0.268. The predicted octanol–water partition coefficient (Wildman–Crippen LogP) is 2.79. The Hall–Kier alpha value is -2.03. The Morgan fingerprint density at radius 3 is 2.58 bits per heavy atom. The van der Waals surface area contributed by atoms with Gasteiger partial charge in [0.1, 0.15) is 5.75 Å². The number of rotatable bonds is 8. The third-order valence-corrected chi connectivity index (χ3v) is 7.15. The molecule has 2 amide bonds. The van der Waals surface area contributed by atoms with Crippen LogP contribution in [0.4, 0.5) is 5.69 Å². The highest BCUT2D eigenvalue weighted by molar-refractivity contribution is 6.33. The summed E-state index contributed by atoms with van der Waals surface area (Å²) < 4.78 is 11.0. The zero-order chi connectivity index (χ0) is 24.0. The Kier molecular flexibility index (Phi) is 9.23. The molecular formula is C24H37ClN4O4. The molecular weight excluding hydrogens is 444 g/mol. The lowest BCUT2D eigenvalue weighted by atomic mass is 9.99. The molecule has 2 aliphatic rings. The number of likely N-dealkylation sites (tertiary alicyclic amines) is 2. The number of anilines is 1. The van der Waals surface area contributed by atoms with Gasteiger partial charge in [0.2, 0.25) is 5.91 Å². The van der Waals surface area contributed by atoms with E-state index >= 15 is 0 Å². The fraction of sp³-hybridized carbons (Fsp3) is 0.667. The van der Waals surface area contributed by atoms with Gasteiger partial charge in [-0.3, -0.25) is 9.59 Å². The molecule has 0 aliphatic carbocycles. The van der Waals surface area contributed by atoms with E-state index in [4.69, 9.17) is 26.8 Å². The maximum Gasteiger partial charge on any atom is 0.255 e. The van der Waals surface area contributed by atoms with Crippen molar-refractivity contribution in [2.24, 2.45) is 5.92 Å². The average Bonchev–Trinajstić information content (AvgIpc) is 2.81. The molecule has 0 unspecified atom stereocenters. The van der Waals surface area contributed by atoms with E-state index in [1.54, 1.807) is 13.2 Å². The van der Waals surface area contributed by atoms with Crippen LogP contribution < -0.4 is 15.8 Å². The first-order valence-corrected chi connectivity index (χ1v) is 12.2. The molecule has 2 atom stereocenters. The van der Waals surface area contributed by atoms with Crippen molar-refractivity contribution in [3.8, 4) is 5.75 Å². The zero-order valence-electron chi connectivity index (χ0n) is 19.9. The fourth-order valence-corrected chi connectivity index (χ4v) is 4.78. The van der Waals surface area contributed by atoms with Crippen LogP contribution >= 0.6 is 11.6 Å². The van der Waals surface area contributed by atoms with Crippen LogP contribution in [0.25, 0.3) is 0 Å². The highest BCUT2D eigenvalue weighted by Gasteiger charge is 2.31. The van der Waals surface area contributed by atoms with Gasteiger partial charge >= 0.3 is 0 Å². The topological polar surface area (TPSA) is 97.1 Å². The van der Waals surface area contributed by atoms with E-state index in [-0.39, 0.29) is 24.0 Å². The summed E-state index contributed by atoms with van der Waals surface area (Å²) in [6.07, 6.45) is 4.24. The number of hydrogen-bond acceptors (Lipinski definition) is 6. The first-order chi connectivity index (χ1) is 15.8. The third kappa shape index (κ3) is 6.74. The normalized spacial score (nSPS) is 22.2. The van der Waals surface area contributed by atoms with Gasteiger partial charge in [0.15, 0.2) is 0 Å². The van der Waals surface area contributed by atoms with Crippen LogP contribution in [0.1, 0.15) is 49.4 Å². The second-order valence-corrected chi connectivity index (χ2v) is 9.59. The maximum atomic E-state index is 12.9. The van der Waals surface area contributed by atoms with Crippen LogP contribution in [0.5, 0.6) is 5.75 Å². The van der Waals surface area contributed by atoms with Crippen molar-refractivity contribution in [2.45, 2.75) is 51.2 Å². The van der Waals surface area contributed by atoms with E-state index in [1.165, 1.54) is 13.2 Å². The number of benzene rings is 1. The Morgan fingerprint density at radius 2 is 1.91 bits per heavy atom. The molecule has 0 radical (unpaired) electrons. The zero-order valence-corrected chi connectivity index (χ0v) is 20.7. The number of methoxy groups -OCH3 is 2. The smallest absolute Gasteiger partial charge is 0.255 e. The first kappa shape index (κ1) is 25.6. The maximum absolute atomic E-state index is 12.9. The molecule has 9 heteroatoms. The molecule has 2 saturated heterocycles. The van der Waals surface area contributed by atoms with E-state index in [0.29, 0.717) is 35.0 Å². The van der Waals surface area contributed by atoms with Crippen molar-refractivity contribution in [3.63, 3.8) is 0 Å². The lowest BCUT2D eigenvalue weighted by Crippen LogP contribution is -2.55. The second-order valence-electron chi connectivity index (χ2n) is 9.18. The summed E-state index contributed by atoms with van der Waals surface area (Å²) in [4.78, 5) is 29.7. The van der Waals surface area contributed by atoms with Gasteiger partial charge in [-0.25, -0.2) is 0 Å². The largest absolute Gasteiger partial charge is 0.496 e. The van der Waals surface area contributed by atoms with Gasteiger partial charge in [-0.15, -0.1) is 0 Å². The second kappa shape index (κ2) is 11.9. The molecule has 2 heterocycles. The average molecular weight is 481 g/mol. The van der Waals surface area contributed by atoms with Crippen molar-refractivity contribution < 1.29 is 19.1 Å². The monoisotopic (exact) mass is 480 g/mol. The summed E-state index contributed by atoms with van der Waals surface area (Å²) in [5.74, 6) is 1.10. The molecule has 3 rings (SSSR count). The van der Waals surface area contributed by atoms with Gasteiger partial charge in [-0.05, 0) is 44.2 Å². The first-order valence-electron chi connectivity index (χ1n) is 11.8. The Labute approximate surface area is 201 Å². The minimum absolute atomic E-state index is 0.128. The molecule has 3 N–H and O–H groups in total. The number of halogens is 1. The Morgan fingerprint density at radius 1 is 1.18 bits per heavy atom. The number of hydrogen-bond donors (Lipinski definition) is 2. The molecule has 2 fully saturated rings. The predicted molar refractivity (Wildman–Crippen MR) is 130 cm³/mol. The highest BCUT2D eigenvalue weighted by atomic mass is 35.5. The Balaban J connectivity index is 1.48. The lowest BCUT2D eigenvalue weighted by molar-refractivity contribution is -0.132. The van der Waals surface area contributed by atoms with Gasteiger partial charge in [0.05, 0.1) is 35.5 Å². The van der Waals surface area contributed by atoms with E-state index < -0.39 is 0 Å². The molecule has 8 nitrogen and oxygen atoms in total. The van der Waals surface area contributed by atoms with E-state index in [2.05, 4.69) is 17.1 Å². The standard InChI is InChI=1S/C24H37ClN4O4/c1-16-6-11-29(12-7-16)23(30)5-4-9-28-10-8-20(22(15-28)33-3)27-24(31)17-13-18(25)19(26)14-21(17)32-2/h13-14,16,20,22H,4-12,15,26H2,1-3H3,(H,27,31)/t20-,22+/m0/s1. The third-order valence-electron chi connectivity index (χ3n) is 6.83. The number of nitrogens with one attached hydrogen (secondary N) is 1. The molecule has 0 saturated carbocycles. The summed E-state index contributed by atoms with van der Waals surface area (Å²) in [5, 5.41) is 3.38. The minimum Gasteiger partial charge on any atom is -0.496 e. The van der Waals surface area contributed by atoms with Crippen molar-refractivity contribution in [1.82, 2.24) is 15.1 Å². The number of nitrogens with zero attached hydrogens (tertiary/aromatic N) is 2. The van der Waals surface area contributed by atoms with Crippen molar-refractivity contribution in [2.75, 3.05) is 52.7 Å². The summed E-state index contributed by atoms with van der Waals surface area (Å²) in [7, 11) is 3.15. The quantitative estimate of drug-likeness (QED) is 0.555. The van der Waals surface area contributed by atoms with Gasteiger partial charge in [-0.1, -0.05) is 18.5 Å².